The van der Waals surface area contributed by atoms with E-state index in [1.807, 2.05) is 0 Å². The summed E-state index contributed by atoms with van der Waals surface area (Å²) in [5.74, 6) is -0.293. The summed E-state index contributed by atoms with van der Waals surface area (Å²) in [6.45, 7) is 0.275. The molecule has 0 amide bonds. The molecule has 0 bridgehead atoms. The molecule has 0 heterocycles. The molecule has 0 aliphatic carbocycles. The van der Waals surface area contributed by atoms with Crippen LogP contribution >= 0.6 is 11.6 Å². The summed E-state index contributed by atoms with van der Waals surface area (Å²) in [6, 6.07) is 3.23. The van der Waals surface area contributed by atoms with Crippen molar-refractivity contribution in [3.63, 3.8) is 0 Å². The minimum absolute atomic E-state index is 0.0898. The summed E-state index contributed by atoms with van der Waals surface area (Å²) in [7, 11) is -3.86. The second kappa shape index (κ2) is 6.21. The van der Waals surface area contributed by atoms with Gasteiger partial charge in [0, 0.05) is 12.1 Å². The van der Waals surface area contributed by atoms with E-state index in [9.17, 15) is 17.2 Å². The Kier molecular flexibility index (Phi) is 5.31. The molecule has 0 unspecified atom stereocenters. The van der Waals surface area contributed by atoms with Crippen LogP contribution in [0.15, 0.2) is 23.1 Å². The van der Waals surface area contributed by atoms with Gasteiger partial charge in [0.25, 0.3) is 0 Å². The molecule has 3 N–H and O–H groups in total. The van der Waals surface area contributed by atoms with Gasteiger partial charge < -0.3 is 10.5 Å². The van der Waals surface area contributed by atoms with Gasteiger partial charge in [-0.05, 0) is 32.0 Å². The Morgan fingerprint density at radius 2 is 2.05 bits per heavy atom. The molecule has 0 atom stereocenters. The van der Waals surface area contributed by atoms with E-state index >= 15 is 0 Å². The van der Waals surface area contributed by atoms with Gasteiger partial charge in [-0.25, -0.2) is 13.1 Å². The lowest BCUT2D eigenvalue weighted by Gasteiger charge is -2.24. The highest BCUT2D eigenvalue weighted by Gasteiger charge is 2.25. The number of benzene rings is 1. The first kappa shape index (κ1) is 17.1. The molecule has 1 rings (SSSR count). The number of nitrogens with two attached hydrogens (primary N) is 1. The molecule has 0 saturated carbocycles. The third-order valence-electron chi connectivity index (χ3n) is 2.35. The van der Waals surface area contributed by atoms with Crippen molar-refractivity contribution in [2.24, 2.45) is 5.73 Å². The maximum Gasteiger partial charge on any atom is 0.387 e. The summed E-state index contributed by atoms with van der Waals surface area (Å²) < 4.78 is 54.8. The number of hydrogen-bond donors (Lipinski definition) is 2. The fourth-order valence-corrected chi connectivity index (χ4v) is 3.04. The number of halogens is 3. The van der Waals surface area contributed by atoms with Crippen LogP contribution in [0.2, 0.25) is 5.02 Å². The molecular weight excluding hydrogens is 314 g/mol. The molecule has 0 fully saturated rings. The van der Waals surface area contributed by atoms with E-state index in [1.54, 1.807) is 13.8 Å². The van der Waals surface area contributed by atoms with E-state index < -0.39 is 22.2 Å². The molecule has 5 nitrogen and oxygen atoms in total. The minimum atomic E-state index is -3.86. The minimum Gasteiger partial charge on any atom is -0.433 e. The zero-order chi connectivity index (χ0) is 15.6. The van der Waals surface area contributed by atoms with Gasteiger partial charge in [-0.15, -0.1) is 0 Å². The first-order chi connectivity index (χ1) is 9.07. The zero-order valence-corrected chi connectivity index (χ0v) is 12.4. The van der Waals surface area contributed by atoms with Gasteiger partial charge >= 0.3 is 6.61 Å². The van der Waals surface area contributed by atoms with Crippen LogP contribution in [0.5, 0.6) is 5.75 Å². The summed E-state index contributed by atoms with van der Waals surface area (Å²) in [5.41, 5.74) is 4.60. The van der Waals surface area contributed by atoms with E-state index in [1.165, 1.54) is 0 Å². The van der Waals surface area contributed by atoms with Crippen LogP contribution < -0.4 is 15.2 Å². The normalized spacial score (nSPS) is 12.8. The molecule has 0 radical (unpaired) electrons. The fraction of sp³-hybridized carbons (Fsp3) is 0.455. The SMILES string of the molecule is CC(C)(CN)NS(=O)(=O)c1ccc(OC(F)F)c(Cl)c1. The van der Waals surface area contributed by atoms with Gasteiger partial charge in [0.05, 0.1) is 9.92 Å². The first-order valence-corrected chi connectivity index (χ1v) is 7.42. The Hall–Kier alpha value is -0.960. The van der Waals surface area contributed by atoms with Crippen molar-refractivity contribution in [1.82, 2.24) is 4.72 Å². The van der Waals surface area contributed by atoms with Crippen molar-refractivity contribution in [1.29, 1.82) is 0 Å². The van der Waals surface area contributed by atoms with Crippen molar-refractivity contribution >= 4 is 21.6 Å². The van der Waals surface area contributed by atoms with Gasteiger partial charge in [-0.3, -0.25) is 0 Å². The van der Waals surface area contributed by atoms with Gasteiger partial charge in [-0.1, -0.05) is 11.6 Å². The van der Waals surface area contributed by atoms with Crippen LogP contribution in [0.3, 0.4) is 0 Å². The number of nitrogens with one attached hydrogen (secondary N) is 1. The van der Waals surface area contributed by atoms with Crippen molar-refractivity contribution in [2.45, 2.75) is 30.9 Å². The summed E-state index contributed by atoms with van der Waals surface area (Å²) in [4.78, 5) is -0.161. The van der Waals surface area contributed by atoms with Crippen molar-refractivity contribution in [3.8, 4) is 5.75 Å². The quantitative estimate of drug-likeness (QED) is 0.836. The molecule has 9 heteroatoms. The van der Waals surface area contributed by atoms with Gasteiger partial charge in [0.1, 0.15) is 5.75 Å². The topological polar surface area (TPSA) is 81.4 Å². The molecular formula is C11H15ClF2N2O3S. The maximum atomic E-state index is 12.1. The Morgan fingerprint density at radius 3 is 2.50 bits per heavy atom. The van der Waals surface area contributed by atoms with Crippen molar-refractivity contribution < 1.29 is 21.9 Å². The summed E-state index contributed by atoms with van der Waals surface area (Å²) in [5, 5.41) is -0.223. The largest absolute Gasteiger partial charge is 0.433 e. The highest BCUT2D eigenvalue weighted by atomic mass is 35.5. The van der Waals surface area contributed by atoms with Crippen LogP contribution in [-0.4, -0.2) is 27.1 Å². The number of hydrogen-bond acceptors (Lipinski definition) is 4. The standard InChI is InChI=1S/C11H15ClF2N2O3S/c1-11(2,6-15)16-20(17,18)7-3-4-9(8(12)5-7)19-10(13)14/h3-5,10,16H,6,15H2,1-2H3. The van der Waals surface area contributed by atoms with Gasteiger partial charge in [0.2, 0.25) is 10.0 Å². The van der Waals surface area contributed by atoms with E-state index in [4.69, 9.17) is 17.3 Å². The monoisotopic (exact) mass is 328 g/mol. The van der Waals surface area contributed by atoms with Gasteiger partial charge in [0.15, 0.2) is 0 Å². The van der Waals surface area contributed by atoms with Crippen molar-refractivity contribution in [2.75, 3.05) is 6.54 Å². The molecule has 0 aliphatic rings. The second-order valence-corrected chi connectivity index (χ2v) is 6.75. The summed E-state index contributed by atoms with van der Waals surface area (Å²) in [6.07, 6.45) is 0. The van der Waals surface area contributed by atoms with Crippen LogP contribution in [0.1, 0.15) is 13.8 Å². The summed E-state index contributed by atoms with van der Waals surface area (Å²) >= 11 is 5.71. The molecule has 20 heavy (non-hydrogen) atoms. The highest BCUT2D eigenvalue weighted by Crippen LogP contribution is 2.28. The lowest BCUT2D eigenvalue weighted by Crippen LogP contribution is -2.48. The third-order valence-corrected chi connectivity index (χ3v) is 4.34. The predicted octanol–water partition coefficient (Wildman–Crippen LogP) is 1.96. The van der Waals surface area contributed by atoms with E-state index in [-0.39, 0.29) is 22.2 Å². The van der Waals surface area contributed by atoms with Crippen LogP contribution in [0.25, 0.3) is 0 Å². The maximum absolute atomic E-state index is 12.1. The lowest BCUT2D eigenvalue weighted by molar-refractivity contribution is -0.0498. The number of alkyl halides is 2. The number of ether oxygens (including phenoxy) is 1. The molecule has 0 saturated heterocycles. The smallest absolute Gasteiger partial charge is 0.387 e. The molecule has 114 valence electrons. The van der Waals surface area contributed by atoms with E-state index in [0.29, 0.717) is 0 Å². The molecule has 0 aliphatic heterocycles. The Labute approximate surface area is 121 Å². The van der Waals surface area contributed by atoms with Crippen LogP contribution in [0, 0.1) is 0 Å². The zero-order valence-electron chi connectivity index (χ0n) is 10.9. The average molecular weight is 329 g/mol. The first-order valence-electron chi connectivity index (χ1n) is 5.56. The molecule has 1 aromatic rings. The van der Waals surface area contributed by atoms with Crippen LogP contribution in [0.4, 0.5) is 8.78 Å². The number of rotatable bonds is 6. The van der Waals surface area contributed by atoms with Crippen molar-refractivity contribution in [3.05, 3.63) is 23.2 Å². The fourth-order valence-electron chi connectivity index (χ4n) is 1.30. The Morgan fingerprint density at radius 1 is 1.45 bits per heavy atom. The van der Waals surface area contributed by atoms with Crippen LogP contribution in [-0.2, 0) is 10.0 Å². The second-order valence-electron chi connectivity index (χ2n) is 4.66. The Bertz CT molecular complexity index is 579. The number of sulfonamides is 1. The Balaban J connectivity index is 3.06. The predicted molar refractivity (Wildman–Crippen MR) is 71.5 cm³/mol. The average Bonchev–Trinajstić information content (AvgIpc) is 2.30. The molecule has 0 aromatic heterocycles. The van der Waals surface area contributed by atoms with Gasteiger partial charge in [-0.2, -0.15) is 8.78 Å². The molecule has 1 aromatic carbocycles. The van der Waals surface area contributed by atoms with E-state index in [2.05, 4.69) is 9.46 Å². The lowest BCUT2D eigenvalue weighted by atomic mass is 10.1. The molecule has 0 spiro atoms. The third kappa shape index (κ3) is 4.55. The highest BCUT2D eigenvalue weighted by molar-refractivity contribution is 7.89. The van der Waals surface area contributed by atoms with E-state index in [0.717, 1.165) is 18.2 Å².